The maximum Gasteiger partial charge on any atom is 0.311 e. The van der Waals surface area contributed by atoms with Crippen LogP contribution in [0.4, 0.5) is 15.8 Å². The second kappa shape index (κ2) is 9.52. The van der Waals surface area contributed by atoms with Crippen molar-refractivity contribution in [1.29, 1.82) is 0 Å². The van der Waals surface area contributed by atoms with Crippen LogP contribution in [0.2, 0.25) is 0 Å². The van der Waals surface area contributed by atoms with Crippen LogP contribution in [-0.2, 0) is 19.8 Å². The SMILES string of the molecule is CCn1ncc(Cn2cc(NC(=O)c3ccn(COc4cc(F)ccc4[N+](=O)[O-])n3)cn2)c1C. The Labute approximate surface area is 192 Å². The molecule has 0 fully saturated rings. The molecule has 1 N–H and O–H groups in total. The first-order chi connectivity index (χ1) is 16.3. The summed E-state index contributed by atoms with van der Waals surface area (Å²) in [5, 5.41) is 26.5. The van der Waals surface area contributed by atoms with E-state index in [1.165, 1.54) is 23.1 Å². The molecule has 176 valence electrons. The molecule has 0 saturated heterocycles. The van der Waals surface area contributed by atoms with Crippen molar-refractivity contribution in [2.75, 3.05) is 5.32 Å². The van der Waals surface area contributed by atoms with Crippen molar-refractivity contribution in [3.8, 4) is 5.75 Å². The number of anilines is 1. The van der Waals surface area contributed by atoms with Gasteiger partial charge in [-0.1, -0.05) is 0 Å². The normalized spacial score (nSPS) is 10.9. The molecule has 0 bridgehead atoms. The van der Waals surface area contributed by atoms with Gasteiger partial charge in [0.25, 0.3) is 5.91 Å². The number of carbonyl (C=O) groups excluding carboxylic acids is 1. The van der Waals surface area contributed by atoms with Gasteiger partial charge < -0.3 is 10.1 Å². The zero-order valence-electron chi connectivity index (χ0n) is 18.4. The average Bonchev–Trinajstić information content (AvgIpc) is 3.53. The number of halogens is 1. The van der Waals surface area contributed by atoms with Gasteiger partial charge in [0.1, 0.15) is 5.82 Å². The predicted molar refractivity (Wildman–Crippen MR) is 118 cm³/mol. The van der Waals surface area contributed by atoms with Gasteiger partial charge in [0.15, 0.2) is 12.4 Å². The second-order valence-corrected chi connectivity index (χ2v) is 7.33. The molecule has 0 unspecified atom stereocenters. The highest BCUT2D eigenvalue weighted by atomic mass is 19.1. The third-order valence-corrected chi connectivity index (χ3v) is 5.07. The van der Waals surface area contributed by atoms with Crippen molar-refractivity contribution < 1.29 is 18.8 Å². The highest BCUT2D eigenvalue weighted by Gasteiger charge is 2.17. The molecule has 12 nitrogen and oxygen atoms in total. The largest absolute Gasteiger partial charge is 0.464 e. The van der Waals surface area contributed by atoms with E-state index in [2.05, 4.69) is 20.6 Å². The lowest BCUT2D eigenvalue weighted by Crippen LogP contribution is -2.14. The van der Waals surface area contributed by atoms with Crippen LogP contribution < -0.4 is 10.1 Å². The molecule has 0 saturated carbocycles. The number of nitrogens with zero attached hydrogens (tertiary/aromatic N) is 7. The molecular formula is C21H21FN8O4. The number of benzene rings is 1. The topological polar surface area (TPSA) is 135 Å². The lowest BCUT2D eigenvalue weighted by molar-refractivity contribution is -0.386. The lowest BCUT2D eigenvalue weighted by atomic mass is 10.2. The molecule has 34 heavy (non-hydrogen) atoms. The number of rotatable bonds is 9. The van der Waals surface area contributed by atoms with Gasteiger partial charge in [-0.05, 0) is 26.0 Å². The first-order valence-corrected chi connectivity index (χ1v) is 10.3. The Morgan fingerprint density at radius 2 is 2.06 bits per heavy atom. The quantitative estimate of drug-likeness (QED) is 0.295. The first kappa shape index (κ1) is 22.6. The fourth-order valence-electron chi connectivity index (χ4n) is 3.29. The molecule has 0 aliphatic carbocycles. The van der Waals surface area contributed by atoms with Crippen LogP contribution in [0.25, 0.3) is 0 Å². The first-order valence-electron chi connectivity index (χ1n) is 10.3. The van der Waals surface area contributed by atoms with Crippen molar-refractivity contribution in [2.45, 2.75) is 33.7 Å². The smallest absolute Gasteiger partial charge is 0.311 e. The fourth-order valence-corrected chi connectivity index (χ4v) is 3.29. The summed E-state index contributed by atoms with van der Waals surface area (Å²) in [5.41, 5.74) is 2.30. The third-order valence-electron chi connectivity index (χ3n) is 5.07. The zero-order valence-corrected chi connectivity index (χ0v) is 18.4. The molecule has 3 heterocycles. The van der Waals surface area contributed by atoms with E-state index in [0.29, 0.717) is 12.2 Å². The van der Waals surface area contributed by atoms with E-state index in [0.717, 1.165) is 36.0 Å². The van der Waals surface area contributed by atoms with E-state index >= 15 is 0 Å². The molecule has 0 aliphatic heterocycles. The maximum absolute atomic E-state index is 13.4. The number of ether oxygens (including phenoxy) is 1. The van der Waals surface area contributed by atoms with Gasteiger partial charge in [-0.3, -0.25) is 24.3 Å². The van der Waals surface area contributed by atoms with Crippen molar-refractivity contribution in [3.63, 3.8) is 0 Å². The Bertz CT molecular complexity index is 1340. The Balaban J connectivity index is 1.36. The Morgan fingerprint density at radius 3 is 2.79 bits per heavy atom. The molecule has 0 radical (unpaired) electrons. The van der Waals surface area contributed by atoms with Crippen molar-refractivity contribution in [1.82, 2.24) is 29.3 Å². The number of nitro groups is 1. The summed E-state index contributed by atoms with van der Waals surface area (Å²) in [6.45, 7) is 5.05. The van der Waals surface area contributed by atoms with Gasteiger partial charge in [-0.2, -0.15) is 15.3 Å². The predicted octanol–water partition coefficient (Wildman–Crippen LogP) is 2.99. The minimum Gasteiger partial charge on any atom is -0.464 e. The molecule has 4 aromatic rings. The summed E-state index contributed by atoms with van der Waals surface area (Å²) < 4.78 is 23.6. The van der Waals surface area contributed by atoms with E-state index in [4.69, 9.17) is 4.74 Å². The molecule has 0 spiro atoms. The van der Waals surface area contributed by atoms with Crippen molar-refractivity contribution in [3.05, 3.63) is 81.9 Å². The van der Waals surface area contributed by atoms with Crippen LogP contribution in [0.1, 0.15) is 28.7 Å². The lowest BCUT2D eigenvalue weighted by Gasteiger charge is -2.07. The summed E-state index contributed by atoms with van der Waals surface area (Å²) in [7, 11) is 0. The number of aryl methyl sites for hydroxylation is 1. The highest BCUT2D eigenvalue weighted by Crippen LogP contribution is 2.27. The monoisotopic (exact) mass is 468 g/mol. The van der Waals surface area contributed by atoms with E-state index < -0.39 is 16.6 Å². The summed E-state index contributed by atoms with van der Waals surface area (Å²) in [4.78, 5) is 22.9. The summed E-state index contributed by atoms with van der Waals surface area (Å²) in [6, 6.07) is 4.38. The van der Waals surface area contributed by atoms with Gasteiger partial charge in [0.05, 0.1) is 29.5 Å². The van der Waals surface area contributed by atoms with Crippen LogP contribution in [0.3, 0.4) is 0 Å². The van der Waals surface area contributed by atoms with Gasteiger partial charge in [0.2, 0.25) is 5.75 Å². The van der Waals surface area contributed by atoms with E-state index in [1.54, 1.807) is 17.1 Å². The number of carbonyl (C=O) groups is 1. The number of nitro benzene ring substituents is 1. The second-order valence-electron chi connectivity index (χ2n) is 7.33. The molecule has 0 aliphatic rings. The third kappa shape index (κ3) is 4.92. The minimum absolute atomic E-state index is 0.102. The number of amides is 1. The molecule has 1 amide bonds. The van der Waals surface area contributed by atoms with E-state index in [-0.39, 0.29) is 23.9 Å². The summed E-state index contributed by atoms with van der Waals surface area (Å²) in [6.07, 6.45) is 6.49. The van der Waals surface area contributed by atoms with Crippen molar-refractivity contribution >= 4 is 17.3 Å². The van der Waals surface area contributed by atoms with Gasteiger partial charge in [-0.15, -0.1) is 0 Å². The van der Waals surface area contributed by atoms with E-state index in [9.17, 15) is 19.3 Å². The number of hydrogen-bond donors (Lipinski definition) is 1. The molecule has 0 atom stereocenters. The van der Waals surface area contributed by atoms with Gasteiger partial charge >= 0.3 is 5.69 Å². The molecule has 1 aromatic carbocycles. The molecule has 3 aromatic heterocycles. The Hall–Kier alpha value is -4.55. The standard InChI is InChI=1S/C21H21FN8O4/c1-3-29-14(2)15(9-24-29)11-28-12-17(10-23-28)25-21(31)18-6-7-27(26-18)13-34-20-8-16(22)4-5-19(20)30(32)33/h4-10,12H,3,11,13H2,1-2H3,(H,25,31). The van der Waals surface area contributed by atoms with E-state index in [1.807, 2.05) is 18.5 Å². The molecule has 13 heteroatoms. The number of aromatic nitrogens is 6. The molecule has 4 rings (SSSR count). The Morgan fingerprint density at radius 1 is 1.24 bits per heavy atom. The van der Waals surface area contributed by atoms with Crippen LogP contribution in [-0.4, -0.2) is 40.2 Å². The van der Waals surface area contributed by atoms with Crippen LogP contribution >= 0.6 is 0 Å². The zero-order chi connectivity index (χ0) is 24.2. The van der Waals surface area contributed by atoms with Gasteiger partial charge in [0, 0.05) is 42.3 Å². The number of hydrogen-bond acceptors (Lipinski definition) is 7. The van der Waals surface area contributed by atoms with Crippen LogP contribution in [0.5, 0.6) is 5.75 Å². The van der Waals surface area contributed by atoms with Gasteiger partial charge in [-0.25, -0.2) is 9.07 Å². The van der Waals surface area contributed by atoms with Crippen molar-refractivity contribution in [2.24, 2.45) is 0 Å². The van der Waals surface area contributed by atoms with Crippen LogP contribution in [0.15, 0.2) is 49.1 Å². The molecular weight excluding hydrogens is 447 g/mol. The number of nitrogens with one attached hydrogen (secondary N) is 1. The average molecular weight is 468 g/mol. The summed E-state index contributed by atoms with van der Waals surface area (Å²) >= 11 is 0. The highest BCUT2D eigenvalue weighted by molar-refractivity contribution is 6.02. The summed E-state index contributed by atoms with van der Waals surface area (Å²) in [5.74, 6) is -1.38. The fraction of sp³-hybridized carbons (Fsp3) is 0.238. The minimum atomic E-state index is -0.673. The Kier molecular flexibility index (Phi) is 6.34. The van der Waals surface area contributed by atoms with Crippen LogP contribution in [0, 0.1) is 22.9 Å². The maximum atomic E-state index is 13.4.